The summed E-state index contributed by atoms with van der Waals surface area (Å²) in [5.41, 5.74) is 9.50. The lowest BCUT2D eigenvalue weighted by Gasteiger charge is -2.06. The van der Waals surface area contributed by atoms with Gasteiger partial charge in [0, 0.05) is 15.1 Å². The van der Waals surface area contributed by atoms with E-state index in [2.05, 4.69) is 26.1 Å². The summed E-state index contributed by atoms with van der Waals surface area (Å²) in [5, 5.41) is 8.38. The Hall–Kier alpha value is -1.49. The lowest BCUT2D eigenvalue weighted by Crippen LogP contribution is -1.89. The molecule has 0 unspecified atom stereocenters. The van der Waals surface area contributed by atoms with Gasteiger partial charge in [-0.05, 0) is 45.8 Å². The van der Waals surface area contributed by atoms with Crippen molar-refractivity contribution in [3.05, 3.63) is 57.0 Å². The van der Waals surface area contributed by atoms with Crippen LogP contribution in [-0.2, 0) is 0 Å². The second-order valence-corrected chi connectivity index (χ2v) is 6.20. The van der Waals surface area contributed by atoms with Gasteiger partial charge in [0.05, 0.1) is 16.3 Å². The van der Waals surface area contributed by atoms with Gasteiger partial charge < -0.3 is 5.73 Å². The Morgan fingerprint density at radius 3 is 2.57 bits per heavy atom. The maximum absolute atomic E-state index is 6.06. The molecule has 3 aromatic rings. The molecule has 106 valence electrons. The van der Waals surface area contributed by atoms with E-state index in [0.717, 1.165) is 26.9 Å². The van der Waals surface area contributed by atoms with Crippen molar-refractivity contribution in [2.75, 3.05) is 5.73 Å². The van der Waals surface area contributed by atoms with Crippen molar-refractivity contribution in [1.29, 1.82) is 0 Å². The lowest BCUT2D eigenvalue weighted by atomic mass is 10.0. The van der Waals surface area contributed by atoms with Gasteiger partial charge in [-0.15, -0.1) is 0 Å². The molecule has 0 atom stereocenters. The number of nitrogen functional groups attached to an aromatic ring is 1. The number of nitrogens with zero attached hydrogens (tertiary/aromatic N) is 1. The minimum Gasteiger partial charge on any atom is -0.382 e. The van der Waals surface area contributed by atoms with E-state index in [1.807, 2.05) is 42.5 Å². The molecule has 0 fully saturated rings. The first-order chi connectivity index (χ1) is 10.1. The second kappa shape index (κ2) is 5.72. The topological polar surface area (TPSA) is 54.7 Å². The Labute approximate surface area is 140 Å². The number of H-pyrrole nitrogens is 1. The number of benzene rings is 2. The molecule has 0 amide bonds. The number of aromatic nitrogens is 2. The Morgan fingerprint density at radius 2 is 1.86 bits per heavy atom. The van der Waals surface area contributed by atoms with Crippen molar-refractivity contribution in [2.24, 2.45) is 0 Å². The first-order valence-corrected chi connectivity index (χ1v) is 7.66. The average molecular weight is 383 g/mol. The number of aromatic amines is 1. The monoisotopic (exact) mass is 381 g/mol. The highest BCUT2D eigenvalue weighted by molar-refractivity contribution is 9.10. The number of nitrogens with two attached hydrogens (primary N) is 1. The third kappa shape index (κ3) is 2.79. The molecule has 0 saturated carbocycles. The third-order valence-corrected chi connectivity index (χ3v) is 4.56. The van der Waals surface area contributed by atoms with Crippen LogP contribution in [-0.4, -0.2) is 10.2 Å². The summed E-state index contributed by atoms with van der Waals surface area (Å²) >= 11 is 15.5. The first-order valence-electron chi connectivity index (χ1n) is 6.11. The summed E-state index contributed by atoms with van der Waals surface area (Å²) in [4.78, 5) is 0. The van der Waals surface area contributed by atoms with Gasteiger partial charge in [-0.2, -0.15) is 5.10 Å². The van der Waals surface area contributed by atoms with E-state index < -0.39 is 0 Å². The van der Waals surface area contributed by atoms with Gasteiger partial charge in [-0.3, -0.25) is 5.10 Å². The maximum atomic E-state index is 6.06. The third-order valence-electron chi connectivity index (χ3n) is 3.12. The number of anilines is 1. The zero-order valence-corrected chi connectivity index (χ0v) is 13.8. The average Bonchev–Trinajstić information content (AvgIpc) is 2.84. The van der Waals surface area contributed by atoms with Crippen LogP contribution in [0.4, 0.5) is 5.82 Å². The summed E-state index contributed by atoms with van der Waals surface area (Å²) in [6, 6.07) is 13.2. The van der Waals surface area contributed by atoms with E-state index in [-0.39, 0.29) is 0 Å². The first kappa shape index (κ1) is 14.4. The molecule has 0 aliphatic heterocycles. The SMILES string of the molecule is Nc1n[nH]c(-c2ccc(Cl)c(Br)c2)c1-c1cccc(Cl)c1. The van der Waals surface area contributed by atoms with Crippen LogP contribution in [0, 0.1) is 0 Å². The fraction of sp³-hybridized carbons (Fsp3) is 0. The van der Waals surface area contributed by atoms with Crippen LogP contribution in [0.15, 0.2) is 46.9 Å². The molecule has 0 aliphatic rings. The van der Waals surface area contributed by atoms with Gasteiger partial charge in [-0.25, -0.2) is 0 Å². The molecular formula is C15H10BrCl2N3. The molecule has 3 nitrogen and oxygen atoms in total. The Balaban J connectivity index is 2.19. The van der Waals surface area contributed by atoms with Crippen molar-refractivity contribution in [2.45, 2.75) is 0 Å². The molecule has 3 N–H and O–H groups in total. The van der Waals surface area contributed by atoms with E-state index in [9.17, 15) is 0 Å². The van der Waals surface area contributed by atoms with Crippen molar-refractivity contribution < 1.29 is 0 Å². The van der Waals surface area contributed by atoms with Crippen LogP contribution in [0.5, 0.6) is 0 Å². The van der Waals surface area contributed by atoms with Crippen molar-refractivity contribution in [1.82, 2.24) is 10.2 Å². The Morgan fingerprint density at radius 1 is 1.05 bits per heavy atom. The zero-order valence-electron chi connectivity index (χ0n) is 10.7. The highest BCUT2D eigenvalue weighted by Crippen LogP contribution is 2.37. The van der Waals surface area contributed by atoms with Gasteiger partial charge >= 0.3 is 0 Å². The van der Waals surface area contributed by atoms with Gasteiger partial charge in [0.1, 0.15) is 0 Å². The van der Waals surface area contributed by atoms with E-state index in [4.69, 9.17) is 28.9 Å². The predicted molar refractivity (Wildman–Crippen MR) is 91.6 cm³/mol. The summed E-state index contributed by atoms with van der Waals surface area (Å²) in [6.07, 6.45) is 0. The highest BCUT2D eigenvalue weighted by atomic mass is 79.9. The van der Waals surface area contributed by atoms with Gasteiger partial charge in [0.25, 0.3) is 0 Å². The van der Waals surface area contributed by atoms with Crippen LogP contribution in [0.2, 0.25) is 10.0 Å². The number of nitrogens with one attached hydrogen (secondary N) is 1. The van der Waals surface area contributed by atoms with Crippen LogP contribution in [0.3, 0.4) is 0 Å². The normalized spacial score (nSPS) is 10.8. The Bertz CT molecular complexity index is 814. The van der Waals surface area contributed by atoms with E-state index in [1.165, 1.54) is 0 Å². The van der Waals surface area contributed by atoms with Gasteiger partial charge in [0.2, 0.25) is 0 Å². The van der Waals surface area contributed by atoms with Crippen LogP contribution >= 0.6 is 39.1 Å². The quantitative estimate of drug-likeness (QED) is 0.623. The van der Waals surface area contributed by atoms with Crippen molar-refractivity contribution in [3.8, 4) is 22.4 Å². The van der Waals surface area contributed by atoms with Crippen molar-refractivity contribution in [3.63, 3.8) is 0 Å². The largest absolute Gasteiger partial charge is 0.382 e. The molecule has 1 heterocycles. The summed E-state index contributed by atoms with van der Waals surface area (Å²) in [5.74, 6) is 0.429. The predicted octanol–water partition coefficient (Wildman–Crippen LogP) is 5.40. The molecule has 2 aromatic carbocycles. The number of rotatable bonds is 2. The second-order valence-electron chi connectivity index (χ2n) is 4.50. The minimum absolute atomic E-state index is 0.429. The van der Waals surface area contributed by atoms with E-state index in [1.54, 1.807) is 0 Å². The standard InChI is InChI=1S/C15H10BrCl2N3/c16-11-7-9(4-5-12(11)18)14-13(15(19)21-20-14)8-2-1-3-10(17)6-8/h1-7H,(H3,19,20,21). The molecule has 1 aromatic heterocycles. The molecule has 6 heteroatoms. The molecule has 0 saturated heterocycles. The zero-order chi connectivity index (χ0) is 15.0. The Kier molecular flexibility index (Phi) is 3.93. The number of hydrogen-bond acceptors (Lipinski definition) is 2. The molecule has 3 rings (SSSR count). The van der Waals surface area contributed by atoms with Crippen LogP contribution in [0.25, 0.3) is 22.4 Å². The van der Waals surface area contributed by atoms with Gasteiger partial charge in [-0.1, -0.05) is 41.4 Å². The van der Waals surface area contributed by atoms with E-state index >= 15 is 0 Å². The molecular weight excluding hydrogens is 373 g/mol. The molecule has 0 spiro atoms. The lowest BCUT2D eigenvalue weighted by molar-refractivity contribution is 1.10. The van der Waals surface area contributed by atoms with Crippen LogP contribution in [0.1, 0.15) is 0 Å². The smallest absolute Gasteiger partial charge is 0.153 e. The summed E-state index contributed by atoms with van der Waals surface area (Å²) < 4.78 is 0.812. The fourth-order valence-electron chi connectivity index (χ4n) is 2.15. The highest BCUT2D eigenvalue weighted by Gasteiger charge is 2.15. The molecule has 21 heavy (non-hydrogen) atoms. The number of halogens is 3. The molecule has 0 aliphatic carbocycles. The maximum Gasteiger partial charge on any atom is 0.153 e. The van der Waals surface area contributed by atoms with Gasteiger partial charge in [0.15, 0.2) is 5.82 Å². The minimum atomic E-state index is 0.429. The fourth-order valence-corrected chi connectivity index (χ4v) is 2.84. The van der Waals surface area contributed by atoms with E-state index in [0.29, 0.717) is 15.9 Å². The molecule has 0 bridgehead atoms. The molecule has 0 radical (unpaired) electrons. The van der Waals surface area contributed by atoms with Crippen LogP contribution < -0.4 is 5.73 Å². The van der Waals surface area contributed by atoms with Crippen molar-refractivity contribution >= 4 is 44.9 Å². The number of hydrogen-bond donors (Lipinski definition) is 2. The summed E-state index contributed by atoms with van der Waals surface area (Å²) in [7, 11) is 0. The summed E-state index contributed by atoms with van der Waals surface area (Å²) in [6.45, 7) is 0.